The number of aliphatic hydroxyl groups is 1. The molecule has 4 aliphatic rings. The molecule has 4 rings (SSSR count). The number of amides is 1. The maximum atomic E-state index is 12.4. The molecular weight excluding hydrogens is 386 g/mol. The molecule has 0 bridgehead atoms. The molecule has 7 nitrogen and oxygen atoms in total. The predicted molar refractivity (Wildman–Crippen MR) is 110 cm³/mol. The zero-order chi connectivity index (χ0) is 21.5. The molecule has 1 spiro atoms. The summed E-state index contributed by atoms with van der Waals surface area (Å²) in [5, 5.41) is 13.2. The molecule has 3 heterocycles. The third-order valence-electron chi connectivity index (χ3n) is 6.62. The molecule has 166 valence electrons. The summed E-state index contributed by atoms with van der Waals surface area (Å²) in [7, 11) is 0. The molecule has 3 aliphatic heterocycles. The van der Waals surface area contributed by atoms with Gasteiger partial charge in [0.1, 0.15) is 30.0 Å². The Bertz CT molecular complexity index is 726. The van der Waals surface area contributed by atoms with Gasteiger partial charge in [-0.2, -0.15) is 0 Å². The summed E-state index contributed by atoms with van der Waals surface area (Å²) in [4.78, 5) is 24.3. The highest BCUT2D eigenvalue weighted by Crippen LogP contribution is 2.57. The minimum Gasteiger partial charge on any atom is -0.366 e. The van der Waals surface area contributed by atoms with Crippen LogP contribution in [0.2, 0.25) is 0 Å². The van der Waals surface area contributed by atoms with E-state index in [4.69, 9.17) is 14.2 Å². The second kappa shape index (κ2) is 8.54. The number of epoxide rings is 2. The van der Waals surface area contributed by atoms with Crippen molar-refractivity contribution in [2.75, 3.05) is 0 Å². The highest BCUT2D eigenvalue weighted by molar-refractivity contribution is 5.94. The van der Waals surface area contributed by atoms with Crippen LogP contribution >= 0.6 is 0 Å². The van der Waals surface area contributed by atoms with Crippen LogP contribution in [0.1, 0.15) is 59.3 Å². The van der Waals surface area contributed by atoms with Gasteiger partial charge in [-0.25, -0.2) is 0 Å². The Morgan fingerprint density at radius 2 is 1.93 bits per heavy atom. The van der Waals surface area contributed by atoms with E-state index in [1.807, 2.05) is 6.92 Å². The van der Waals surface area contributed by atoms with Crippen LogP contribution in [0.15, 0.2) is 23.8 Å². The number of hydrogen-bond acceptors (Lipinski definition) is 6. The van der Waals surface area contributed by atoms with Crippen molar-refractivity contribution in [2.24, 2.45) is 5.92 Å². The Labute approximate surface area is 177 Å². The Morgan fingerprint density at radius 1 is 1.23 bits per heavy atom. The zero-order valence-corrected chi connectivity index (χ0v) is 18.0. The van der Waals surface area contributed by atoms with Crippen molar-refractivity contribution in [1.29, 1.82) is 0 Å². The van der Waals surface area contributed by atoms with Gasteiger partial charge in [-0.15, -0.1) is 0 Å². The molecule has 1 amide bonds. The number of nitrogens with one attached hydrogen (secondary N) is 1. The molecular formula is C23H33NO6. The summed E-state index contributed by atoms with van der Waals surface area (Å²) in [5.74, 6) is 0.161. The topological polar surface area (TPSA) is 101 Å². The van der Waals surface area contributed by atoms with E-state index in [9.17, 15) is 14.7 Å². The maximum Gasteiger partial charge on any atom is 0.244 e. The van der Waals surface area contributed by atoms with Gasteiger partial charge in [-0.1, -0.05) is 57.3 Å². The SMILES string of the molecule is CCCCCC[C@H](C)/C=C(C)/C=C/C(=O)N[C@@H]1CC2(O[C@@H]1O)[C@@H]1O[C@@H]1C(=O)[C@@H]1O[C@H]12. The zero-order valence-electron chi connectivity index (χ0n) is 18.0. The fourth-order valence-electron chi connectivity index (χ4n) is 4.93. The van der Waals surface area contributed by atoms with Crippen LogP contribution < -0.4 is 5.32 Å². The average molecular weight is 420 g/mol. The molecule has 1 aliphatic carbocycles. The molecule has 1 unspecified atom stereocenters. The van der Waals surface area contributed by atoms with E-state index in [1.54, 1.807) is 6.08 Å². The van der Waals surface area contributed by atoms with Gasteiger partial charge in [0.2, 0.25) is 5.91 Å². The lowest BCUT2D eigenvalue weighted by atomic mass is 9.81. The lowest BCUT2D eigenvalue weighted by Crippen LogP contribution is -2.49. The molecule has 0 aromatic carbocycles. The second-order valence-corrected chi connectivity index (χ2v) is 9.21. The van der Waals surface area contributed by atoms with Crippen LogP contribution in [0.3, 0.4) is 0 Å². The van der Waals surface area contributed by atoms with E-state index in [2.05, 4.69) is 25.2 Å². The third kappa shape index (κ3) is 4.26. The van der Waals surface area contributed by atoms with E-state index in [0.717, 1.165) is 12.0 Å². The molecule has 1 saturated carbocycles. The number of fused-ring (bicyclic) bond motifs is 4. The number of allylic oxidation sites excluding steroid dienone is 3. The summed E-state index contributed by atoms with van der Waals surface area (Å²) in [6.07, 6.45) is 9.12. The summed E-state index contributed by atoms with van der Waals surface area (Å²) in [5.41, 5.74) is 0.204. The first-order valence-corrected chi connectivity index (χ1v) is 11.2. The number of ketones is 1. The van der Waals surface area contributed by atoms with Crippen molar-refractivity contribution >= 4 is 11.7 Å². The standard InChI is InChI=1S/C23H33NO6/c1-4-5-6-7-8-13(2)11-14(3)9-10-16(25)24-15-12-23(30-22(15)27)20-18(28-20)17(26)19-21(23)29-19/h9-11,13,15,18-22,27H,4-8,12H2,1-3H3,(H,24,25)/b10-9+,14-11+/t13-,15+,18-,19+,20+,21+,22-,23?/m0/s1. The van der Waals surface area contributed by atoms with Crippen molar-refractivity contribution < 1.29 is 28.9 Å². The van der Waals surface area contributed by atoms with Crippen LogP contribution in [0, 0.1) is 5.92 Å². The first-order valence-electron chi connectivity index (χ1n) is 11.2. The Morgan fingerprint density at radius 3 is 2.60 bits per heavy atom. The number of rotatable bonds is 9. The van der Waals surface area contributed by atoms with Crippen molar-refractivity contribution in [3.8, 4) is 0 Å². The van der Waals surface area contributed by atoms with E-state index in [1.165, 1.54) is 31.8 Å². The number of aliphatic hydroxyl groups excluding tert-OH is 1. The van der Waals surface area contributed by atoms with Gasteiger partial charge in [-0.3, -0.25) is 9.59 Å². The number of unbranched alkanes of at least 4 members (excludes halogenated alkanes) is 3. The van der Waals surface area contributed by atoms with E-state index < -0.39 is 30.1 Å². The molecule has 0 aromatic rings. The highest BCUT2D eigenvalue weighted by atomic mass is 16.7. The van der Waals surface area contributed by atoms with Crippen LogP contribution in [0.25, 0.3) is 0 Å². The quantitative estimate of drug-likeness (QED) is 0.257. The Balaban J connectivity index is 1.26. The van der Waals surface area contributed by atoms with E-state index in [-0.39, 0.29) is 23.9 Å². The van der Waals surface area contributed by atoms with E-state index >= 15 is 0 Å². The Kier molecular flexibility index (Phi) is 6.17. The number of hydrogen-bond donors (Lipinski definition) is 2. The second-order valence-electron chi connectivity index (χ2n) is 9.21. The van der Waals surface area contributed by atoms with Crippen LogP contribution in [-0.2, 0) is 23.8 Å². The fraction of sp³-hybridized carbons (Fsp3) is 0.739. The molecule has 4 fully saturated rings. The van der Waals surface area contributed by atoms with Gasteiger partial charge >= 0.3 is 0 Å². The van der Waals surface area contributed by atoms with Gasteiger partial charge in [0.15, 0.2) is 12.1 Å². The lowest BCUT2D eigenvalue weighted by molar-refractivity contribution is -0.159. The van der Waals surface area contributed by atoms with Crippen molar-refractivity contribution in [1.82, 2.24) is 5.32 Å². The summed E-state index contributed by atoms with van der Waals surface area (Å²) in [6, 6.07) is -0.563. The lowest BCUT2D eigenvalue weighted by Gasteiger charge is -2.26. The largest absolute Gasteiger partial charge is 0.366 e. The number of Topliss-reactive ketones (excluding diaryl/α,β-unsaturated/α-hetero) is 1. The molecule has 0 aromatic heterocycles. The van der Waals surface area contributed by atoms with Crippen molar-refractivity contribution in [3.05, 3.63) is 23.8 Å². The van der Waals surface area contributed by atoms with Gasteiger partial charge in [0.25, 0.3) is 0 Å². The van der Waals surface area contributed by atoms with Crippen molar-refractivity contribution in [3.63, 3.8) is 0 Å². The first kappa shape index (κ1) is 21.7. The summed E-state index contributed by atoms with van der Waals surface area (Å²) >= 11 is 0. The third-order valence-corrected chi connectivity index (χ3v) is 6.62. The summed E-state index contributed by atoms with van der Waals surface area (Å²) in [6.45, 7) is 6.40. The van der Waals surface area contributed by atoms with Gasteiger partial charge in [0, 0.05) is 12.5 Å². The first-order chi connectivity index (χ1) is 14.4. The number of ether oxygens (including phenoxy) is 3. The molecule has 7 heteroatoms. The Hall–Kier alpha value is -1.54. The fourth-order valence-corrected chi connectivity index (χ4v) is 4.93. The molecule has 30 heavy (non-hydrogen) atoms. The van der Waals surface area contributed by atoms with Crippen LogP contribution in [0.4, 0.5) is 0 Å². The molecule has 2 N–H and O–H groups in total. The highest BCUT2D eigenvalue weighted by Gasteiger charge is 2.79. The number of carbonyl (C=O) groups excluding carboxylic acids is 2. The van der Waals surface area contributed by atoms with Crippen molar-refractivity contribution in [2.45, 2.75) is 102 Å². The minimum atomic E-state index is -1.15. The smallest absolute Gasteiger partial charge is 0.244 e. The number of carbonyl (C=O) groups is 2. The molecule has 3 saturated heterocycles. The molecule has 8 atom stereocenters. The predicted octanol–water partition coefficient (Wildman–Crippen LogP) is 2.18. The molecule has 0 radical (unpaired) electrons. The van der Waals surface area contributed by atoms with Crippen LogP contribution in [-0.4, -0.2) is 59.1 Å². The average Bonchev–Trinajstić information content (AvgIpc) is 3.60. The minimum absolute atomic E-state index is 0.0361. The maximum absolute atomic E-state index is 12.4. The van der Waals surface area contributed by atoms with Gasteiger partial charge < -0.3 is 24.6 Å². The van der Waals surface area contributed by atoms with E-state index in [0.29, 0.717) is 12.3 Å². The normalized spacial score (nSPS) is 40.4. The van der Waals surface area contributed by atoms with Gasteiger partial charge in [-0.05, 0) is 19.3 Å². The summed E-state index contributed by atoms with van der Waals surface area (Å²) < 4.78 is 16.8. The monoisotopic (exact) mass is 419 g/mol. The van der Waals surface area contributed by atoms with Crippen LogP contribution in [0.5, 0.6) is 0 Å². The van der Waals surface area contributed by atoms with Gasteiger partial charge in [0.05, 0.1) is 6.04 Å².